The summed E-state index contributed by atoms with van der Waals surface area (Å²) in [5.74, 6) is 0.259. The number of ether oxygens (including phenoxy) is 2. The summed E-state index contributed by atoms with van der Waals surface area (Å²) in [5, 5.41) is 4.36. The number of aromatic nitrogens is 2. The number of carbonyl (C=O) groups is 1. The van der Waals surface area contributed by atoms with E-state index in [-0.39, 0.29) is 17.3 Å². The Labute approximate surface area is 119 Å². The van der Waals surface area contributed by atoms with E-state index in [1.54, 1.807) is 4.68 Å². The van der Waals surface area contributed by atoms with Gasteiger partial charge < -0.3 is 9.47 Å². The van der Waals surface area contributed by atoms with E-state index in [2.05, 4.69) is 5.10 Å². The summed E-state index contributed by atoms with van der Waals surface area (Å²) < 4.78 is 13.2. The second kappa shape index (κ2) is 4.97. The van der Waals surface area contributed by atoms with Crippen LogP contribution in [0.25, 0.3) is 0 Å². The van der Waals surface area contributed by atoms with E-state index in [1.165, 1.54) is 0 Å². The van der Waals surface area contributed by atoms with E-state index in [4.69, 9.17) is 9.47 Å². The normalized spacial score (nSPS) is 30.1. The lowest BCUT2D eigenvalue weighted by molar-refractivity contribution is -0.0920. The molecule has 2 aliphatic heterocycles. The predicted molar refractivity (Wildman–Crippen MR) is 73.9 cm³/mol. The molecule has 0 amide bonds. The molecule has 3 rings (SSSR count). The minimum absolute atomic E-state index is 0.0343. The zero-order chi connectivity index (χ0) is 14.3. The van der Waals surface area contributed by atoms with Crippen LogP contribution in [0.4, 0.5) is 0 Å². The molecule has 1 aromatic rings. The molecule has 0 radical (unpaired) electrons. The maximum atomic E-state index is 12.8. The Hall–Kier alpha value is -1.20. The molecule has 0 bridgehead atoms. The van der Waals surface area contributed by atoms with Crippen LogP contribution in [0.1, 0.15) is 41.0 Å². The van der Waals surface area contributed by atoms with Crippen molar-refractivity contribution in [1.29, 1.82) is 0 Å². The molecule has 2 atom stereocenters. The van der Waals surface area contributed by atoms with Gasteiger partial charge in [-0.2, -0.15) is 5.10 Å². The lowest BCUT2D eigenvalue weighted by Crippen LogP contribution is -2.42. The Kier molecular flexibility index (Phi) is 3.42. The molecule has 20 heavy (non-hydrogen) atoms. The molecule has 1 aromatic heterocycles. The number of Topliss-reactive ketones (excluding diaryl/α,β-unsaturated/α-hetero) is 1. The quantitative estimate of drug-likeness (QED) is 0.774. The number of rotatable bonds is 2. The van der Waals surface area contributed by atoms with Crippen molar-refractivity contribution in [3.05, 3.63) is 17.0 Å². The fraction of sp³-hybridized carbons (Fsp3) is 0.733. The number of carbonyl (C=O) groups excluding carboxylic acids is 1. The lowest BCUT2D eigenvalue weighted by Gasteiger charge is -2.36. The molecule has 2 fully saturated rings. The highest BCUT2D eigenvalue weighted by Crippen LogP contribution is 2.37. The van der Waals surface area contributed by atoms with Gasteiger partial charge in [-0.15, -0.1) is 0 Å². The van der Waals surface area contributed by atoms with Gasteiger partial charge in [-0.05, 0) is 26.7 Å². The molecule has 1 spiro atoms. The molecule has 2 unspecified atom stereocenters. The van der Waals surface area contributed by atoms with Gasteiger partial charge in [0, 0.05) is 38.3 Å². The van der Waals surface area contributed by atoms with Crippen molar-refractivity contribution in [2.75, 3.05) is 19.8 Å². The van der Waals surface area contributed by atoms with Crippen LogP contribution < -0.4 is 0 Å². The number of aryl methyl sites for hydroxylation is 2. The molecule has 0 aromatic carbocycles. The lowest BCUT2D eigenvalue weighted by atomic mass is 9.81. The number of nitrogens with zero attached hydrogens (tertiary/aromatic N) is 2. The molecule has 3 heterocycles. The minimum Gasteiger partial charge on any atom is -0.378 e. The number of ketones is 1. The van der Waals surface area contributed by atoms with Crippen molar-refractivity contribution in [2.24, 2.45) is 13.0 Å². The van der Waals surface area contributed by atoms with E-state index in [0.29, 0.717) is 13.2 Å². The van der Waals surface area contributed by atoms with E-state index in [0.717, 1.165) is 42.8 Å². The Bertz CT molecular complexity index is 529. The SMILES string of the molecule is Cc1nn(C)c(C)c1C(=O)C1CCOC2(CCOC2)C1. The molecule has 2 aliphatic rings. The fourth-order valence-corrected chi connectivity index (χ4v) is 3.45. The second-order valence-corrected chi connectivity index (χ2v) is 6.06. The molecular weight excluding hydrogens is 256 g/mol. The zero-order valence-electron chi connectivity index (χ0n) is 12.4. The molecule has 5 nitrogen and oxygen atoms in total. The third-order valence-electron chi connectivity index (χ3n) is 4.69. The summed E-state index contributed by atoms with van der Waals surface area (Å²) in [6.45, 7) is 5.89. The van der Waals surface area contributed by atoms with Crippen LogP contribution in [-0.2, 0) is 16.5 Å². The van der Waals surface area contributed by atoms with E-state index in [1.807, 2.05) is 20.9 Å². The summed E-state index contributed by atoms with van der Waals surface area (Å²) in [7, 11) is 1.88. The summed E-state index contributed by atoms with van der Waals surface area (Å²) in [4.78, 5) is 12.8. The highest BCUT2D eigenvalue weighted by atomic mass is 16.6. The molecular formula is C15H22N2O3. The monoisotopic (exact) mass is 278 g/mol. The van der Waals surface area contributed by atoms with Crippen LogP contribution in [-0.4, -0.2) is 41.0 Å². The average molecular weight is 278 g/mol. The van der Waals surface area contributed by atoms with E-state index >= 15 is 0 Å². The van der Waals surface area contributed by atoms with Crippen LogP contribution in [0.5, 0.6) is 0 Å². The molecule has 0 N–H and O–H groups in total. The summed E-state index contributed by atoms with van der Waals surface area (Å²) >= 11 is 0. The predicted octanol–water partition coefficient (Wildman–Crippen LogP) is 1.81. The van der Waals surface area contributed by atoms with Crippen molar-refractivity contribution in [3.63, 3.8) is 0 Å². The van der Waals surface area contributed by atoms with Crippen molar-refractivity contribution >= 4 is 5.78 Å². The topological polar surface area (TPSA) is 53.4 Å². The number of hydrogen-bond acceptors (Lipinski definition) is 4. The molecule has 2 saturated heterocycles. The maximum Gasteiger partial charge on any atom is 0.169 e. The van der Waals surface area contributed by atoms with E-state index in [9.17, 15) is 4.79 Å². The Balaban J connectivity index is 1.83. The maximum absolute atomic E-state index is 12.8. The van der Waals surface area contributed by atoms with Crippen LogP contribution in [0.2, 0.25) is 0 Å². The number of hydrogen-bond donors (Lipinski definition) is 0. The first-order valence-electron chi connectivity index (χ1n) is 7.28. The molecule has 5 heteroatoms. The Morgan fingerprint density at radius 1 is 1.40 bits per heavy atom. The molecule has 110 valence electrons. The van der Waals surface area contributed by atoms with E-state index < -0.39 is 0 Å². The Morgan fingerprint density at radius 3 is 2.80 bits per heavy atom. The van der Waals surface area contributed by atoms with Crippen LogP contribution >= 0.6 is 0 Å². The van der Waals surface area contributed by atoms with Gasteiger partial charge >= 0.3 is 0 Å². The highest BCUT2D eigenvalue weighted by molar-refractivity contribution is 6.00. The van der Waals surface area contributed by atoms with Gasteiger partial charge in [0.15, 0.2) is 5.78 Å². The summed E-state index contributed by atoms with van der Waals surface area (Å²) in [5.41, 5.74) is 2.37. The first-order valence-corrected chi connectivity index (χ1v) is 7.28. The van der Waals surface area contributed by atoms with Gasteiger partial charge in [-0.25, -0.2) is 0 Å². The first kappa shape index (κ1) is 13.8. The summed E-state index contributed by atoms with van der Waals surface area (Å²) in [6, 6.07) is 0. The first-order chi connectivity index (χ1) is 9.52. The van der Waals surface area contributed by atoms with Gasteiger partial charge in [0.25, 0.3) is 0 Å². The van der Waals surface area contributed by atoms with Gasteiger partial charge in [0.05, 0.1) is 23.5 Å². The van der Waals surface area contributed by atoms with Gasteiger partial charge in [-0.3, -0.25) is 9.48 Å². The van der Waals surface area contributed by atoms with Crippen molar-refractivity contribution in [3.8, 4) is 0 Å². The average Bonchev–Trinajstić information content (AvgIpc) is 2.95. The molecule has 0 saturated carbocycles. The van der Waals surface area contributed by atoms with Crippen LogP contribution in [0.3, 0.4) is 0 Å². The smallest absolute Gasteiger partial charge is 0.169 e. The Morgan fingerprint density at radius 2 is 2.20 bits per heavy atom. The second-order valence-electron chi connectivity index (χ2n) is 6.06. The minimum atomic E-state index is -0.220. The molecule has 0 aliphatic carbocycles. The van der Waals surface area contributed by atoms with Gasteiger partial charge in [-0.1, -0.05) is 0 Å². The van der Waals surface area contributed by atoms with Crippen LogP contribution in [0.15, 0.2) is 0 Å². The zero-order valence-corrected chi connectivity index (χ0v) is 12.4. The standard InChI is InChI=1S/C15H22N2O3/c1-10-13(11(2)17(3)16-10)14(18)12-4-6-20-15(8-12)5-7-19-9-15/h12H,4-9H2,1-3H3. The van der Waals surface area contributed by atoms with Gasteiger partial charge in [0.2, 0.25) is 0 Å². The fourth-order valence-electron chi connectivity index (χ4n) is 3.45. The van der Waals surface area contributed by atoms with Crippen molar-refractivity contribution in [2.45, 2.75) is 38.7 Å². The van der Waals surface area contributed by atoms with Gasteiger partial charge in [0.1, 0.15) is 0 Å². The highest BCUT2D eigenvalue weighted by Gasteiger charge is 2.43. The van der Waals surface area contributed by atoms with Crippen molar-refractivity contribution in [1.82, 2.24) is 9.78 Å². The van der Waals surface area contributed by atoms with Crippen LogP contribution in [0, 0.1) is 19.8 Å². The third-order valence-corrected chi connectivity index (χ3v) is 4.69. The summed E-state index contributed by atoms with van der Waals surface area (Å²) in [6.07, 6.45) is 2.48. The third kappa shape index (κ3) is 2.19. The largest absolute Gasteiger partial charge is 0.378 e. The van der Waals surface area contributed by atoms with Crippen molar-refractivity contribution < 1.29 is 14.3 Å².